The van der Waals surface area contributed by atoms with Gasteiger partial charge in [0, 0.05) is 23.4 Å². The second kappa shape index (κ2) is 9.40. The zero-order chi connectivity index (χ0) is 22.8. The fourth-order valence-corrected chi connectivity index (χ4v) is 3.13. The van der Waals surface area contributed by atoms with Crippen LogP contribution in [-0.2, 0) is 15.0 Å². The van der Waals surface area contributed by atoms with Crippen molar-refractivity contribution in [1.82, 2.24) is 14.7 Å². The Hall–Kier alpha value is -2.05. The maximum absolute atomic E-state index is 12.8. The number of carbonyl (C=O) groups is 2. The highest BCUT2D eigenvalue weighted by molar-refractivity contribution is 6.42. The molecule has 0 aliphatic rings. The lowest BCUT2D eigenvalue weighted by atomic mass is 9.92. The van der Waals surface area contributed by atoms with E-state index in [1.165, 1.54) is 0 Å². The van der Waals surface area contributed by atoms with E-state index in [1.807, 2.05) is 54.5 Å². The molecule has 0 radical (unpaired) electrons. The first kappa shape index (κ1) is 24.2. The first-order chi connectivity index (χ1) is 13.8. The molecule has 2 rings (SSSR count). The Morgan fingerprint density at radius 3 is 2.23 bits per heavy atom. The van der Waals surface area contributed by atoms with E-state index in [0.29, 0.717) is 21.6 Å². The maximum atomic E-state index is 12.8. The van der Waals surface area contributed by atoms with Gasteiger partial charge in [-0.15, -0.1) is 0 Å². The molecule has 0 unspecified atom stereocenters. The molecule has 2 aromatic rings. The van der Waals surface area contributed by atoms with Crippen molar-refractivity contribution < 1.29 is 9.59 Å². The topological polar surface area (TPSA) is 67.2 Å². The van der Waals surface area contributed by atoms with Crippen LogP contribution in [0.4, 0.5) is 5.82 Å². The summed E-state index contributed by atoms with van der Waals surface area (Å²) in [4.78, 5) is 26.9. The van der Waals surface area contributed by atoms with Crippen LogP contribution in [0.15, 0.2) is 24.3 Å². The van der Waals surface area contributed by atoms with Gasteiger partial charge in [0.2, 0.25) is 11.8 Å². The van der Waals surface area contributed by atoms with Gasteiger partial charge in [0.25, 0.3) is 0 Å². The lowest BCUT2D eigenvalue weighted by molar-refractivity contribution is -0.139. The average Bonchev–Trinajstić information content (AvgIpc) is 3.05. The van der Waals surface area contributed by atoms with Crippen molar-refractivity contribution in [2.45, 2.75) is 59.9 Å². The molecule has 1 heterocycles. The standard InChI is InChI=1S/C22H30Cl2N4O2/c1-13(2)21(30)27(14(3)4)12-20(29)25-19-11-18(22(5,6)7)26-28(19)15-8-9-16(23)17(24)10-15/h8-11,13-14H,12H2,1-7H3,(H,25,29). The minimum atomic E-state index is -0.292. The Labute approximate surface area is 188 Å². The van der Waals surface area contributed by atoms with Crippen molar-refractivity contribution in [3.63, 3.8) is 0 Å². The second-order valence-electron chi connectivity index (χ2n) is 8.94. The summed E-state index contributed by atoms with van der Waals surface area (Å²) < 4.78 is 1.63. The van der Waals surface area contributed by atoms with Crippen LogP contribution in [0.1, 0.15) is 54.2 Å². The van der Waals surface area contributed by atoms with Crippen molar-refractivity contribution in [3.8, 4) is 5.69 Å². The minimum Gasteiger partial charge on any atom is -0.331 e. The Balaban J connectivity index is 2.37. The first-order valence-corrected chi connectivity index (χ1v) is 10.7. The summed E-state index contributed by atoms with van der Waals surface area (Å²) >= 11 is 12.2. The van der Waals surface area contributed by atoms with Gasteiger partial charge in [0.1, 0.15) is 12.4 Å². The van der Waals surface area contributed by atoms with Gasteiger partial charge in [-0.3, -0.25) is 9.59 Å². The Morgan fingerprint density at radius 2 is 1.73 bits per heavy atom. The van der Waals surface area contributed by atoms with Crippen LogP contribution >= 0.6 is 23.2 Å². The molecule has 0 aliphatic carbocycles. The van der Waals surface area contributed by atoms with E-state index in [0.717, 1.165) is 5.69 Å². The van der Waals surface area contributed by atoms with E-state index in [4.69, 9.17) is 23.2 Å². The summed E-state index contributed by atoms with van der Waals surface area (Å²) in [6.07, 6.45) is 0. The Kier molecular flexibility index (Phi) is 7.59. The SMILES string of the molecule is CC(C)C(=O)N(CC(=O)Nc1cc(C(C)(C)C)nn1-c1ccc(Cl)c(Cl)c1)C(C)C. The van der Waals surface area contributed by atoms with E-state index in [2.05, 4.69) is 10.4 Å². The predicted molar refractivity (Wildman–Crippen MR) is 123 cm³/mol. The molecule has 30 heavy (non-hydrogen) atoms. The number of hydrogen-bond acceptors (Lipinski definition) is 3. The second-order valence-corrected chi connectivity index (χ2v) is 9.75. The van der Waals surface area contributed by atoms with Crippen molar-refractivity contribution in [2.75, 3.05) is 11.9 Å². The van der Waals surface area contributed by atoms with E-state index in [-0.39, 0.29) is 35.7 Å². The largest absolute Gasteiger partial charge is 0.331 e. The number of nitrogens with one attached hydrogen (secondary N) is 1. The zero-order valence-electron chi connectivity index (χ0n) is 18.6. The molecule has 1 aromatic heterocycles. The number of nitrogens with zero attached hydrogens (tertiary/aromatic N) is 3. The van der Waals surface area contributed by atoms with Gasteiger partial charge in [-0.05, 0) is 32.0 Å². The summed E-state index contributed by atoms with van der Waals surface area (Å²) in [7, 11) is 0. The number of hydrogen-bond donors (Lipinski definition) is 1. The molecule has 0 spiro atoms. The average molecular weight is 453 g/mol. The fourth-order valence-electron chi connectivity index (χ4n) is 2.83. The van der Waals surface area contributed by atoms with Gasteiger partial charge >= 0.3 is 0 Å². The number of anilines is 1. The van der Waals surface area contributed by atoms with Crippen LogP contribution < -0.4 is 5.32 Å². The third-order valence-electron chi connectivity index (χ3n) is 4.61. The molecule has 2 amide bonds. The van der Waals surface area contributed by atoms with Gasteiger partial charge in [-0.25, -0.2) is 4.68 Å². The summed E-state index contributed by atoms with van der Waals surface area (Å²) in [6.45, 7) is 13.5. The van der Waals surface area contributed by atoms with E-state index in [9.17, 15) is 9.59 Å². The maximum Gasteiger partial charge on any atom is 0.245 e. The smallest absolute Gasteiger partial charge is 0.245 e. The molecule has 0 saturated heterocycles. The van der Waals surface area contributed by atoms with Crippen molar-refractivity contribution in [1.29, 1.82) is 0 Å². The highest BCUT2D eigenvalue weighted by Crippen LogP contribution is 2.29. The highest BCUT2D eigenvalue weighted by atomic mass is 35.5. The molecule has 0 fully saturated rings. The molecule has 164 valence electrons. The Bertz CT molecular complexity index is 930. The van der Waals surface area contributed by atoms with Gasteiger partial charge in [-0.1, -0.05) is 57.8 Å². The molecule has 6 nitrogen and oxygen atoms in total. The number of carbonyl (C=O) groups excluding carboxylic acids is 2. The molecule has 1 N–H and O–H groups in total. The van der Waals surface area contributed by atoms with E-state index < -0.39 is 0 Å². The summed E-state index contributed by atoms with van der Waals surface area (Å²) in [6, 6.07) is 6.92. The molecule has 8 heteroatoms. The van der Waals surface area contributed by atoms with Gasteiger partial charge < -0.3 is 10.2 Å². The zero-order valence-corrected chi connectivity index (χ0v) is 20.1. The van der Waals surface area contributed by atoms with Gasteiger partial charge in [-0.2, -0.15) is 5.10 Å². The van der Waals surface area contributed by atoms with Crippen LogP contribution in [0, 0.1) is 5.92 Å². The molecule has 1 aromatic carbocycles. The van der Waals surface area contributed by atoms with Gasteiger partial charge in [0.05, 0.1) is 21.4 Å². The number of benzene rings is 1. The molecule has 0 bridgehead atoms. The van der Waals surface area contributed by atoms with E-state index in [1.54, 1.807) is 27.8 Å². The molecular weight excluding hydrogens is 423 g/mol. The van der Waals surface area contributed by atoms with Crippen molar-refractivity contribution >= 4 is 40.8 Å². The molecule has 0 aliphatic heterocycles. The third-order valence-corrected chi connectivity index (χ3v) is 5.35. The number of halogens is 2. The lowest BCUT2D eigenvalue weighted by Crippen LogP contribution is -2.44. The highest BCUT2D eigenvalue weighted by Gasteiger charge is 2.25. The Morgan fingerprint density at radius 1 is 1.10 bits per heavy atom. The quantitative estimate of drug-likeness (QED) is 0.645. The third kappa shape index (κ3) is 5.76. The number of rotatable bonds is 6. The summed E-state index contributed by atoms with van der Waals surface area (Å²) in [5.41, 5.74) is 1.26. The number of amides is 2. The van der Waals surface area contributed by atoms with Crippen molar-refractivity contribution in [2.24, 2.45) is 5.92 Å². The molecular formula is C22H30Cl2N4O2. The lowest BCUT2D eigenvalue weighted by Gasteiger charge is -2.27. The van der Waals surface area contributed by atoms with Crippen LogP contribution in [0.3, 0.4) is 0 Å². The monoisotopic (exact) mass is 452 g/mol. The fraction of sp³-hybridized carbons (Fsp3) is 0.500. The number of aromatic nitrogens is 2. The van der Waals surface area contributed by atoms with Crippen LogP contribution in [0.2, 0.25) is 10.0 Å². The minimum absolute atomic E-state index is 0.0356. The predicted octanol–water partition coefficient (Wildman–Crippen LogP) is 5.31. The van der Waals surface area contributed by atoms with Crippen LogP contribution in [-0.4, -0.2) is 39.1 Å². The van der Waals surface area contributed by atoms with E-state index >= 15 is 0 Å². The normalized spacial score (nSPS) is 11.8. The van der Waals surface area contributed by atoms with Crippen LogP contribution in [0.5, 0.6) is 0 Å². The molecule has 0 atom stereocenters. The summed E-state index contributed by atoms with van der Waals surface area (Å²) in [5, 5.41) is 8.41. The van der Waals surface area contributed by atoms with Crippen LogP contribution in [0.25, 0.3) is 5.69 Å². The molecule has 0 saturated carbocycles. The van der Waals surface area contributed by atoms with Crippen molar-refractivity contribution in [3.05, 3.63) is 40.0 Å². The summed E-state index contributed by atoms with van der Waals surface area (Å²) in [5.74, 6) is -0.0358. The first-order valence-electron chi connectivity index (χ1n) is 9.97. The van der Waals surface area contributed by atoms with Gasteiger partial charge in [0.15, 0.2) is 0 Å².